The molecule has 1 amide bonds. The molecular formula is C14H17ClN4OS2. The molecule has 0 saturated heterocycles. The Balaban J connectivity index is 1.95. The molecule has 0 saturated carbocycles. The van der Waals surface area contributed by atoms with E-state index in [-0.39, 0.29) is 17.2 Å². The van der Waals surface area contributed by atoms with Crippen LogP contribution in [0.4, 0.5) is 10.8 Å². The number of thioether (sulfide) groups is 1. The molecule has 1 atom stereocenters. The van der Waals surface area contributed by atoms with Crippen molar-refractivity contribution in [2.24, 2.45) is 0 Å². The van der Waals surface area contributed by atoms with Gasteiger partial charge < -0.3 is 10.6 Å². The van der Waals surface area contributed by atoms with Crippen LogP contribution < -0.4 is 10.6 Å². The van der Waals surface area contributed by atoms with Gasteiger partial charge in [0, 0.05) is 16.8 Å². The quantitative estimate of drug-likeness (QED) is 0.767. The van der Waals surface area contributed by atoms with Crippen LogP contribution in [0.5, 0.6) is 0 Å². The molecule has 0 radical (unpaired) electrons. The maximum absolute atomic E-state index is 11.9. The third-order valence-electron chi connectivity index (χ3n) is 2.56. The lowest BCUT2D eigenvalue weighted by Crippen LogP contribution is -2.35. The zero-order chi connectivity index (χ0) is 16.1. The third-order valence-corrected chi connectivity index (χ3v) is 4.82. The van der Waals surface area contributed by atoms with Gasteiger partial charge in [0.25, 0.3) is 0 Å². The fraction of sp³-hybridized carbons (Fsp3) is 0.357. The Labute approximate surface area is 142 Å². The van der Waals surface area contributed by atoms with Crippen molar-refractivity contribution >= 4 is 51.4 Å². The number of hydrogen-bond donors (Lipinski definition) is 2. The Morgan fingerprint density at radius 1 is 1.32 bits per heavy atom. The molecule has 2 rings (SSSR count). The molecule has 0 aliphatic heterocycles. The van der Waals surface area contributed by atoms with E-state index < -0.39 is 0 Å². The highest BCUT2D eigenvalue weighted by atomic mass is 35.5. The second-order valence-corrected chi connectivity index (χ2v) is 7.93. The van der Waals surface area contributed by atoms with Crippen LogP contribution >= 0.6 is 34.7 Å². The van der Waals surface area contributed by atoms with Crippen LogP contribution in [0.15, 0.2) is 28.6 Å². The predicted octanol–water partition coefficient (Wildman–Crippen LogP) is 3.94. The van der Waals surface area contributed by atoms with Gasteiger partial charge in [0.15, 0.2) is 4.34 Å². The monoisotopic (exact) mass is 356 g/mol. The SMILES string of the molecule is CC(C)NC(=O)[C@H](C)Sc1nnc(Nc2cccc(Cl)c2)s1. The first-order chi connectivity index (χ1) is 10.4. The van der Waals surface area contributed by atoms with E-state index in [1.54, 1.807) is 0 Å². The first-order valence-corrected chi connectivity index (χ1v) is 8.84. The lowest BCUT2D eigenvalue weighted by molar-refractivity contribution is -0.120. The number of carbonyl (C=O) groups excluding carboxylic acids is 1. The summed E-state index contributed by atoms with van der Waals surface area (Å²) in [5.41, 5.74) is 0.853. The Morgan fingerprint density at radius 2 is 2.09 bits per heavy atom. The fourth-order valence-corrected chi connectivity index (χ4v) is 3.72. The molecule has 0 aliphatic carbocycles. The highest BCUT2D eigenvalue weighted by molar-refractivity contribution is 8.02. The molecule has 1 heterocycles. The fourth-order valence-electron chi connectivity index (χ4n) is 1.60. The maximum atomic E-state index is 11.9. The van der Waals surface area contributed by atoms with Crippen LogP contribution in [0.2, 0.25) is 5.02 Å². The Hall–Kier alpha value is -1.31. The van der Waals surface area contributed by atoms with Gasteiger partial charge in [-0.2, -0.15) is 0 Å². The molecule has 0 fully saturated rings. The summed E-state index contributed by atoms with van der Waals surface area (Å²) >= 11 is 8.74. The summed E-state index contributed by atoms with van der Waals surface area (Å²) in [6.45, 7) is 5.73. The average molecular weight is 357 g/mol. The highest BCUT2D eigenvalue weighted by Crippen LogP contribution is 2.30. The summed E-state index contributed by atoms with van der Waals surface area (Å²) in [4.78, 5) is 11.9. The van der Waals surface area contributed by atoms with Crippen LogP contribution in [0.25, 0.3) is 0 Å². The normalized spacial score (nSPS) is 12.2. The molecule has 2 aromatic rings. The summed E-state index contributed by atoms with van der Waals surface area (Å²) in [7, 11) is 0. The Morgan fingerprint density at radius 3 is 2.77 bits per heavy atom. The average Bonchev–Trinajstić information content (AvgIpc) is 2.85. The Bertz CT molecular complexity index is 647. The topological polar surface area (TPSA) is 66.9 Å². The van der Waals surface area contributed by atoms with Crippen molar-refractivity contribution in [2.45, 2.75) is 36.4 Å². The largest absolute Gasteiger partial charge is 0.353 e. The molecule has 118 valence electrons. The van der Waals surface area contributed by atoms with Crippen LogP contribution in [-0.2, 0) is 4.79 Å². The first kappa shape index (κ1) is 17.1. The number of aromatic nitrogens is 2. The summed E-state index contributed by atoms with van der Waals surface area (Å²) in [6.07, 6.45) is 0. The van der Waals surface area contributed by atoms with Crippen LogP contribution in [0, 0.1) is 0 Å². The van der Waals surface area contributed by atoms with Gasteiger partial charge in [0.1, 0.15) is 0 Å². The third kappa shape index (κ3) is 5.15. The molecule has 0 spiro atoms. The van der Waals surface area contributed by atoms with Crippen molar-refractivity contribution in [1.82, 2.24) is 15.5 Å². The Kier molecular flexibility index (Phi) is 6.05. The molecular weight excluding hydrogens is 340 g/mol. The number of anilines is 2. The predicted molar refractivity (Wildman–Crippen MR) is 93.2 cm³/mol. The zero-order valence-electron chi connectivity index (χ0n) is 12.5. The van der Waals surface area contributed by atoms with E-state index in [4.69, 9.17) is 11.6 Å². The van der Waals surface area contributed by atoms with Crippen molar-refractivity contribution in [2.75, 3.05) is 5.32 Å². The summed E-state index contributed by atoms with van der Waals surface area (Å²) in [6, 6.07) is 7.51. The van der Waals surface area contributed by atoms with Gasteiger partial charge in [-0.1, -0.05) is 40.8 Å². The van der Waals surface area contributed by atoms with Crippen molar-refractivity contribution in [3.05, 3.63) is 29.3 Å². The minimum atomic E-state index is -0.214. The molecule has 2 N–H and O–H groups in total. The second kappa shape index (κ2) is 7.80. The number of rotatable bonds is 6. The van der Waals surface area contributed by atoms with E-state index in [1.807, 2.05) is 45.0 Å². The molecule has 1 aromatic heterocycles. The van der Waals surface area contributed by atoms with Crippen molar-refractivity contribution in [1.29, 1.82) is 0 Å². The van der Waals surface area contributed by atoms with Crippen LogP contribution in [0.1, 0.15) is 20.8 Å². The van der Waals surface area contributed by atoms with Crippen molar-refractivity contribution in [3.63, 3.8) is 0 Å². The van der Waals surface area contributed by atoms with Gasteiger partial charge in [-0.3, -0.25) is 4.79 Å². The molecule has 22 heavy (non-hydrogen) atoms. The number of nitrogens with zero attached hydrogens (tertiary/aromatic N) is 2. The van der Waals surface area contributed by atoms with Gasteiger partial charge in [-0.05, 0) is 39.0 Å². The van der Waals surface area contributed by atoms with E-state index in [0.29, 0.717) is 10.2 Å². The van der Waals surface area contributed by atoms with Gasteiger partial charge in [0.05, 0.1) is 5.25 Å². The summed E-state index contributed by atoms with van der Waals surface area (Å²) in [5, 5.41) is 15.3. The highest BCUT2D eigenvalue weighted by Gasteiger charge is 2.17. The van der Waals surface area contributed by atoms with E-state index in [1.165, 1.54) is 23.1 Å². The second-order valence-electron chi connectivity index (χ2n) is 4.93. The van der Waals surface area contributed by atoms with E-state index >= 15 is 0 Å². The molecule has 1 aromatic carbocycles. The van der Waals surface area contributed by atoms with E-state index in [0.717, 1.165) is 10.0 Å². The van der Waals surface area contributed by atoms with Crippen LogP contribution in [-0.4, -0.2) is 27.4 Å². The van der Waals surface area contributed by atoms with Crippen molar-refractivity contribution < 1.29 is 4.79 Å². The van der Waals surface area contributed by atoms with Crippen LogP contribution in [0.3, 0.4) is 0 Å². The molecule has 0 unspecified atom stereocenters. The number of halogens is 1. The number of hydrogen-bond acceptors (Lipinski definition) is 6. The van der Waals surface area contributed by atoms with Gasteiger partial charge in [-0.15, -0.1) is 10.2 Å². The lowest BCUT2D eigenvalue weighted by Gasteiger charge is -2.12. The van der Waals surface area contributed by atoms with Gasteiger partial charge >= 0.3 is 0 Å². The molecule has 0 bridgehead atoms. The maximum Gasteiger partial charge on any atom is 0.233 e. The number of benzene rings is 1. The summed E-state index contributed by atoms with van der Waals surface area (Å²) in [5.74, 6) is -0.000416. The molecule has 5 nitrogen and oxygen atoms in total. The van der Waals surface area contributed by atoms with Gasteiger partial charge in [0.2, 0.25) is 11.0 Å². The summed E-state index contributed by atoms with van der Waals surface area (Å²) < 4.78 is 0.746. The van der Waals surface area contributed by atoms with E-state index in [9.17, 15) is 4.79 Å². The minimum absolute atomic E-state index is 0.000416. The number of nitrogens with one attached hydrogen (secondary N) is 2. The lowest BCUT2D eigenvalue weighted by atomic mass is 10.3. The minimum Gasteiger partial charge on any atom is -0.353 e. The molecule has 8 heteroatoms. The zero-order valence-corrected chi connectivity index (χ0v) is 14.9. The first-order valence-electron chi connectivity index (χ1n) is 6.77. The number of amides is 1. The number of carbonyl (C=O) groups is 1. The van der Waals surface area contributed by atoms with Gasteiger partial charge in [-0.25, -0.2) is 0 Å². The standard InChI is InChI=1S/C14H17ClN4OS2/c1-8(2)16-12(20)9(3)21-14-19-18-13(22-14)17-11-6-4-5-10(15)7-11/h4-9H,1-3H3,(H,16,20)(H,17,18)/t9-/m0/s1. The van der Waals surface area contributed by atoms with E-state index in [2.05, 4.69) is 20.8 Å². The smallest absolute Gasteiger partial charge is 0.233 e. The van der Waals surface area contributed by atoms with Crippen molar-refractivity contribution in [3.8, 4) is 0 Å². The molecule has 0 aliphatic rings.